The van der Waals surface area contributed by atoms with Crippen molar-refractivity contribution in [2.75, 3.05) is 17.7 Å². The lowest BCUT2D eigenvalue weighted by Crippen LogP contribution is -2.50. The Kier molecular flexibility index (Phi) is 9.14. The molecule has 4 N–H and O–H groups in total. The Morgan fingerprint density at radius 3 is 2.48 bits per heavy atom. The third-order valence-corrected chi connectivity index (χ3v) is 6.65. The first-order valence-corrected chi connectivity index (χ1v) is 13.8. The van der Waals surface area contributed by atoms with Gasteiger partial charge in [-0.05, 0) is 45.7 Å². The van der Waals surface area contributed by atoms with Crippen LogP contribution in [0.2, 0.25) is 0 Å². The Labute approximate surface area is 251 Å². The molecule has 0 unspecified atom stereocenters. The van der Waals surface area contributed by atoms with Gasteiger partial charge in [-0.1, -0.05) is 11.3 Å². The predicted molar refractivity (Wildman–Crippen MR) is 161 cm³/mol. The summed E-state index contributed by atoms with van der Waals surface area (Å²) in [6.07, 6.45) is 2.72. The molecule has 42 heavy (non-hydrogen) atoms. The fourth-order valence-electron chi connectivity index (χ4n) is 3.70. The van der Waals surface area contributed by atoms with Gasteiger partial charge in [0.05, 0.1) is 54.1 Å². The number of carbonyl (C=O) groups excluding carboxylic acids is 3. The van der Waals surface area contributed by atoms with Gasteiger partial charge in [0.1, 0.15) is 10.6 Å². The van der Waals surface area contributed by atoms with Crippen LogP contribution in [0, 0.1) is 5.92 Å². The molecule has 1 fully saturated rings. The smallest absolute Gasteiger partial charge is 0.407 e. The summed E-state index contributed by atoms with van der Waals surface area (Å²) in [6, 6.07) is 6.78. The Morgan fingerprint density at radius 1 is 1.10 bits per heavy atom. The van der Waals surface area contributed by atoms with Gasteiger partial charge < -0.3 is 30.7 Å². The zero-order chi connectivity index (χ0) is 30.7. The number of ether oxygens (including phenoxy) is 2. The molecule has 2 aromatic heterocycles. The molecule has 2 heterocycles. The molecule has 1 aromatic carbocycles. The van der Waals surface area contributed by atoms with E-state index >= 15 is 0 Å². The number of amides is 3. The van der Waals surface area contributed by atoms with Crippen molar-refractivity contribution in [2.24, 2.45) is 5.92 Å². The number of nitrogens with one attached hydrogen (secondary N) is 4. The topological polar surface area (TPSA) is 156 Å². The van der Waals surface area contributed by atoms with Gasteiger partial charge in [0, 0.05) is 23.1 Å². The van der Waals surface area contributed by atoms with Crippen LogP contribution in [0.25, 0.3) is 10.6 Å². The number of nitrogens with zero attached hydrogens (tertiary/aromatic N) is 3. The van der Waals surface area contributed by atoms with Crippen LogP contribution in [-0.4, -0.2) is 74.6 Å². The number of hydrogen-bond acceptors (Lipinski definition) is 10. The lowest BCUT2D eigenvalue weighted by molar-refractivity contribution is -0.117. The number of methoxy groups -OCH3 is 1. The minimum absolute atomic E-state index is 0.0715. The molecule has 0 saturated heterocycles. The van der Waals surface area contributed by atoms with Crippen molar-refractivity contribution in [3.8, 4) is 16.3 Å². The number of aromatic nitrogens is 3. The van der Waals surface area contributed by atoms with Crippen molar-refractivity contribution in [1.82, 2.24) is 25.8 Å². The second-order valence-corrected chi connectivity index (χ2v) is 11.8. The van der Waals surface area contributed by atoms with E-state index in [1.54, 1.807) is 39.1 Å². The van der Waals surface area contributed by atoms with Crippen LogP contribution in [0.15, 0.2) is 30.5 Å². The van der Waals surface area contributed by atoms with Crippen molar-refractivity contribution in [1.29, 1.82) is 0 Å². The van der Waals surface area contributed by atoms with Crippen LogP contribution in [-0.2, 0) is 16.1 Å². The monoisotopic (exact) mass is 583 g/mol. The van der Waals surface area contributed by atoms with E-state index in [1.807, 2.05) is 6.07 Å². The number of hydrogen-bond donors (Lipinski definition) is 4. The number of alkyl carbamates (subject to hydrolysis) is 1. The lowest BCUT2D eigenvalue weighted by Gasteiger charge is -2.23. The van der Waals surface area contributed by atoms with Crippen molar-refractivity contribution >= 4 is 70.0 Å². The van der Waals surface area contributed by atoms with Crippen molar-refractivity contribution in [3.63, 3.8) is 0 Å². The van der Waals surface area contributed by atoms with E-state index in [-0.39, 0.29) is 35.6 Å². The molecule has 12 nitrogen and oxygen atoms in total. The van der Waals surface area contributed by atoms with Gasteiger partial charge in [-0.3, -0.25) is 9.59 Å². The molecule has 1 aliphatic rings. The second-order valence-electron chi connectivity index (χ2n) is 10.6. The number of thiazole rings is 1. The third kappa shape index (κ3) is 8.48. The molecule has 212 valence electrons. The van der Waals surface area contributed by atoms with E-state index in [1.165, 1.54) is 24.5 Å². The molecule has 0 bridgehead atoms. The molecule has 3 amide bonds. The van der Waals surface area contributed by atoms with Crippen molar-refractivity contribution in [2.45, 2.75) is 51.0 Å². The Morgan fingerprint density at radius 2 is 1.83 bits per heavy atom. The molecule has 16 heteroatoms. The maximum Gasteiger partial charge on any atom is 0.407 e. The van der Waals surface area contributed by atoms with Crippen molar-refractivity contribution < 1.29 is 23.9 Å². The van der Waals surface area contributed by atoms with Gasteiger partial charge in [0.15, 0.2) is 17.3 Å². The second kappa shape index (κ2) is 12.4. The minimum atomic E-state index is -2.01. The van der Waals surface area contributed by atoms with Gasteiger partial charge >= 0.3 is 6.09 Å². The van der Waals surface area contributed by atoms with Crippen LogP contribution in [0.4, 0.5) is 22.0 Å². The number of para-hydroxylation sites is 1. The molecular weight excluding hydrogens is 555 g/mol. The fraction of sp³-hybridized carbons (Fsp3) is 0.385. The fourth-order valence-corrected chi connectivity index (χ4v) is 4.58. The van der Waals surface area contributed by atoms with Crippen LogP contribution in [0.1, 0.15) is 49.0 Å². The summed E-state index contributed by atoms with van der Waals surface area (Å²) in [6.45, 7) is 5.59. The largest absolute Gasteiger partial charge is 0.494 e. The van der Waals surface area contributed by atoms with E-state index in [2.05, 4.69) is 36.4 Å². The van der Waals surface area contributed by atoms with E-state index in [9.17, 15) is 14.4 Å². The highest BCUT2D eigenvalue weighted by Gasteiger charge is 2.30. The standard InChI is InChI=1S/C26H28B3N7O5S/c1-25(2,3)41-24(39)31-12-14-11-30-23(42-14)15-6-5-7-16(20(15)40-4)32-17-10-18(33-21(37)13-8-9-13)35-36-19(17)22(38)34-26(27,28)29/h5-7,10-11,13H,8-9,12H2,1-4H3,(H,31,39)(H,34,38)(H2,32,33,35,37). The summed E-state index contributed by atoms with van der Waals surface area (Å²) in [5, 5.41) is 17.4. The molecule has 1 aliphatic carbocycles. The molecule has 3 aromatic rings. The summed E-state index contributed by atoms with van der Waals surface area (Å²) >= 11 is 1.36. The van der Waals surface area contributed by atoms with E-state index in [0.29, 0.717) is 22.0 Å². The third-order valence-electron chi connectivity index (χ3n) is 5.62. The maximum absolute atomic E-state index is 12.9. The predicted octanol–water partition coefficient (Wildman–Crippen LogP) is 2.57. The lowest BCUT2D eigenvalue weighted by atomic mass is 9.49. The summed E-state index contributed by atoms with van der Waals surface area (Å²) in [5.74, 6) is -0.496. The van der Waals surface area contributed by atoms with Gasteiger partial charge in [-0.15, -0.1) is 21.5 Å². The highest BCUT2D eigenvalue weighted by atomic mass is 32.1. The number of carbonyl (C=O) groups is 3. The van der Waals surface area contributed by atoms with Gasteiger partial charge in [-0.2, -0.15) is 0 Å². The molecular formula is C26H28B3N7O5S. The quantitative estimate of drug-likeness (QED) is 0.264. The molecule has 0 spiro atoms. The van der Waals surface area contributed by atoms with Crippen molar-refractivity contribution in [3.05, 3.63) is 41.0 Å². The average Bonchev–Trinajstić information content (AvgIpc) is 3.63. The molecule has 0 atom stereocenters. The van der Waals surface area contributed by atoms with Crippen LogP contribution in [0.3, 0.4) is 0 Å². The average molecular weight is 583 g/mol. The Hall–Kier alpha value is -4.07. The van der Waals surface area contributed by atoms with Crippen LogP contribution in [0.5, 0.6) is 5.75 Å². The summed E-state index contributed by atoms with van der Waals surface area (Å²) in [7, 11) is 18.1. The molecule has 1 saturated carbocycles. The highest BCUT2D eigenvalue weighted by molar-refractivity contribution is 7.15. The highest BCUT2D eigenvalue weighted by Crippen LogP contribution is 2.40. The number of anilines is 3. The zero-order valence-electron chi connectivity index (χ0n) is 23.6. The Bertz CT molecular complexity index is 1490. The first kappa shape index (κ1) is 30.9. The van der Waals surface area contributed by atoms with Gasteiger partial charge in [0.2, 0.25) is 5.91 Å². The van der Waals surface area contributed by atoms with Gasteiger partial charge in [0.25, 0.3) is 5.91 Å². The number of benzene rings is 1. The first-order valence-electron chi connectivity index (χ1n) is 13.0. The van der Waals surface area contributed by atoms with Crippen LogP contribution >= 0.6 is 11.3 Å². The van der Waals surface area contributed by atoms with Gasteiger partial charge in [-0.25, -0.2) is 9.78 Å². The summed E-state index contributed by atoms with van der Waals surface area (Å²) in [4.78, 5) is 42.5. The summed E-state index contributed by atoms with van der Waals surface area (Å²) < 4.78 is 11.0. The first-order chi connectivity index (χ1) is 19.7. The summed E-state index contributed by atoms with van der Waals surface area (Å²) in [5.41, 5.74) is 0.494. The molecule has 6 radical (unpaired) electrons. The Balaban J connectivity index is 1.61. The van der Waals surface area contributed by atoms with E-state index in [0.717, 1.165) is 17.7 Å². The number of rotatable bonds is 10. The van der Waals surface area contributed by atoms with E-state index < -0.39 is 22.8 Å². The van der Waals surface area contributed by atoms with E-state index in [4.69, 9.17) is 33.0 Å². The maximum atomic E-state index is 12.9. The van der Waals surface area contributed by atoms with Crippen LogP contribution < -0.4 is 26.0 Å². The molecule has 0 aliphatic heterocycles. The zero-order valence-corrected chi connectivity index (χ0v) is 24.4. The SMILES string of the molecule is [B]C([B])([B])NC(=O)c1nnc(NC(=O)C2CC2)cc1Nc1cccc(-c2ncc(CNC(=O)OC(C)(C)C)s2)c1OC. The normalized spacial score (nSPS) is 13.1. The molecule has 4 rings (SSSR count). The minimum Gasteiger partial charge on any atom is -0.494 e.